The SMILES string of the molecule is C1C2CP3CN1CN(C3)N2. The highest BCUT2D eigenvalue weighted by Gasteiger charge is 2.38. The molecule has 4 fully saturated rings. The smallest absolute Gasteiger partial charge is 0.0653 e. The number of hydrogen-bond acceptors (Lipinski definition) is 3. The van der Waals surface area contributed by atoms with E-state index in [-0.39, 0.29) is 0 Å². The minimum absolute atomic E-state index is 0.378. The Morgan fingerprint density at radius 2 is 2.40 bits per heavy atom. The average molecular weight is 157 g/mol. The molecule has 0 aromatic heterocycles. The third-order valence-corrected chi connectivity index (χ3v) is 4.96. The van der Waals surface area contributed by atoms with Crippen molar-refractivity contribution in [1.82, 2.24) is 15.3 Å². The topological polar surface area (TPSA) is 18.5 Å². The molecule has 4 rings (SSSR count). The Kier molecular flexibility index (Phi) is 1.13. The molecule has 56 valence electrons. The summed E-state index contributed by atoms with van der Waals surface area (Å²) in [4.78, 5) is 2.58. The molecule has 4 atom stereocenters. The Morgan fingerprint density at radius 3 is 3.10 bits per heavy atom. The lowest BCUT2D eigenvalue weighted by Crippen LogP contribution is -2.67. The Balaban J connectivity index is 1.90. The highest BCUT2D eigenvalue weighted by atomic mass is 31.1. The number of nitrogens with zero attached hydrogens (tertiary/aromatic N) is 2. The third-order valence-electron chi connectivity index (χ3n) is 2.46. The van der Waals surface area contributed by atoms with Crippen LogP contribution in [0.4, 0.5) is 0 Å². The van der Waals surface area contributed by atoms with Gasteiger partial charge in [0.25, 0.3) is 0 Å². The summed E-state index contributed by atoms with van der Waals surface area (Å²) >= 11 is 0. The number of rotatable bonds is 0. The van der Waals surface area contributed by atoms with Gasteiger partial charge in [0.15, 0.2) is 0 Å². The van der Waals surface area contributed by atoms with Crippen molar-refractivity contribution in [3.8, 4) is 0 Å². The maximum absolute atomic E-state index is 3.52. The van der Waals surface area contributed by atoms with E-state index >= 15 is 0 Å². The zero-order valence-electron chi connectivity index (χ0n) is 5.95. The summed E-state index contributed by atoms with van der Waals surface area (Å²) in [6.45, 7) is 2.48. The van der Waals surface area contributed by atoms with Crippen molar-refractivity contribution in [1.29, 1.82) is 0 Å². The lowest BCUT2D eigenvalue weighted by Gasteiger charge is -2.53. The molecule has 10 heavy (non-hydrogen) atoms. The molecule has 0 spiro atoms. The molecule has 0 saturated carbocycles. The maximum Gasteiger partial charge on any atom is 0.0653 e. The fourth-order valence-corrected chi connectivity index (χ4v) is 4.80. The highest BCUT2D eigenvalue weighted by Crippen LogP contribution is 2.46. The summed E-state index contributed by atoms with van der Waals surface area (Å²) in [6, 6.07) is 0.808. The monoisotopic (exact) mass is 157 g/mol. The second-order valence-corrected chi connectivity index (χ2v) is 5.77. The molecule has 0 aromatic rings. The van der Waals surface area contributed by atoms with Crippen molar-refractivity contribution in [2.24, 2.45) is 0 Å². The quantitative estimate of drug-likeness (QED) is 0.494. The maximum atomic E-state index is 3.52. The van der Waals surface area contributed by atoms with Crippen molar-refractivity contribution in [3.05, 3.63) is 0 Å². The fraction of sp³-hybridized carbons (Fsp3) is 1.00. The van der Waals surface area contributed by atoms with Crippen LogP contribution in [0.5, 0.6) is 0 Å². The van der Waals surface area contributed by atoms with Crippen molar-refractivity contribution in [2.75, 3.05) is 31.9 Å². The Bertz CT molecular complexity index is 105. The van der Waals surface area contributed by atoms with Crippen molar-refractivity contribution < 1.29 is 0 Å². The van der Waals surface area contributed by atoms with Gasteiger partial charge in [0, 0.05) is 25.2 Å². The Hall–Kier alpha value is 0.310. The molecule has 4 heteroatoms. The van der Waals surface area contributed by atoms with E-state index in [1.54, 1.807) is 0 Å². The van der Waals surface area contributed by atoms with Gasteiger partial charge in [-0.3, -0.25) is 4.90 Å². The van der Waals surface area contributed by atoms with Crippen LogP contribution < -0.4 is 5.43 Å². The molecule has 4 bridgehead atoms. The van der Waals surface area contributed by atoms with Crippen LogP contribution in [-0.2, 0) is 0 Å². The number of hydrazine groups is 1. The van der Waals surface area contributed by atoms with Gasteiger partial charge < -0.3 is 0 Å². The molecule has 1 N–H and O–H groups in total. The van der Waals surface area contributed by atoms with Crippen molar-refractivity contribution in [3.63, 3.8) is 0 Å². The molecular formula is C6H12N3P. The van der Waals surface area contributed by atoms with Crippen LogP contribution in [0.15, 0.2) is 0 Å². The summed E-state index contributed by atoms with van der Waals surface area (Å²) < 4.78 is 0. The van der Waals surface area contributed by atoms with Gasteiger partial charge in [-0.1, -0.05) is 7.92 Å². The van der Waals surface area contributed by atoms with Crippen LogP contribution in [0, 0.1) is 0 Å². The first-order chi connectivity index (χ1) is 4.90. The summed E-state index contributed by atoms with van der Waals surface area (Å²) in [5.74, 6) is 0. The second-order valence-electron chi connectivity index (χ2n) is 3.50. The summed E-state index contributed by atoms with van der Waals surface area (Å²) in [5.41, 5.74) is 3.52. The zero-order chi connectivity index (χ0) is 6.55. The molecule has 3 nitrogen and oxygen atoms in total. The summed E-state index contributed by atoms with van der Waals surface area (Å²) in [6.07, 6.45) is 4.24. The lowest BCUT2D eigenvalue weighted by molar-refractivity contribution is 0.0197. The fourth-order valence-electron chi connectivity index (χ4n) is 2.23. The van der Waals surface area contributed by atoms with Gasteiger partial charge in [0.2, 0.25) is 0 Å². The van der Waals surface area contributed by atoms with Gasteiger partial charge in [-0.15, -0.1) is 0 Å². The van der Waals surface area contributed by atoms with Crippen LogP contribution >= 0.6 is 7.92 Å². The predicted octanol–water partition coefficient (Wildman–Crippen LogP) is -0.141. The van der Waals surface area contributed by atoms with Crippen molar-refractivity contribution >= 4 is 7.92 Å². The minimum Gasteiger partial charge on any atom is -0.284 e. The first kappa shape index (κ1) is 5.90. The summed E-state index contributed by atoms with van der Waals surface area (Å²) in [7, 11) is 0.378. The van der Waals surface area contributed by atoms with E-state index in [0.717, 1.165) is 6.04 Å². The molecule has 0 amide bonds. The van der Waals surface area contributed by atoms with E-state index in [4.69, 9.17) is 0 Å². The van der Waals surface area contributed by atoms with Crippen LogP contribution in [0.2, 0.25) is 0 Å². The van der Waals surface area contributed by atoms with Gasteiger partial charge >= 0.3 is 0 Å². The molecule has 4 unspecified atom stereocenters. The molecule has 4 aliphatic rings. The third kappa shape index (κ3) is 0.751. The Morgan fingerprint density at radius 1 is 1.40 bits per heavy atom. The van der Waals surface area contributed by atoms with Gasteiger partial charge in [0.05, 0.1) is 6.67 Å². The highest BCUT2D eigenvalue weighted by molar-refractivity contribution is 7.57. The molecule has 4 saturated heterocycles. The molecule has 4 aliphatic heterocycles. The van der Waals surface area contributed by atoms with Crippen LogP contribution in [-0.4, -0.2) is 47.9 Å². The summed E-state index contributed by atoms with van der Waals surface area (Å²) in [5, 5.41) is 2.40. The molecule has 0 radical (unpaired) electrons. The van der Waals surface area contributed by atoms with Crippen LogP contribution in [0.25, 0.3) is 0 Å². The minimum atomic E-state index is 0.378. The van der Waals surface area contributed by atoms with Crippen LogP contribution in [0.3, 0.4) is 0 Å². The number of hydrogen-bond donors (Lipinski definition) is 1. The van der Waals surface area contributed by atoms with Gasteiger partial charge in [-0.25, -0.2) is 10.4 Å². The molecule has 0 aromatic carbocycles. The van der Waals surface area contributed by atoms with Gasteiger partial charge in [-0.2, -0.15) is 0 Å². The standard InChI is InChI=1S/C6H12N3P/c1-6-2-10-4-8(1)3-9(5-10)7-6/h6-7H,1-5H2. The number of nitrogens with one attached hydrogen (secondary N) is 1. The average Bonchev–Trinajstić information content (AvgIpc) is 1.82. The van der Waals surface area contributed by atoms with E-state index in [9.17, 15) is 0 Å². The van der Waals surface area contributed by atoms with Crippen molar-refractivity contribution in [2.45, 2.75) is 6.04 Å². The van der Waals surface area contributed by atoms with Gasteiger partial charge in [0.1, 0.15) is 0 Å². The van der Waals surface area contributed by atoms with E-state index in [0.29, 0.717) is 7.92 Å². The first-order valence-corrected chi connectivity index (χ1v) is 5.76. The molecular weight excluding hydrogens is 145 g/mol. The Labute approximate surface area is 62.1 Å². The second kappa shape index (κ2) is 1.92. The molecule has 0 aliphatic carbocycles. The van der Waals surface area contributed by atoms with E-state index in [2.05, 4.69) is 15.3 Å². The largest absolute Gasteiger partial charge is 0.284 e. The van der Waals surface area contributed by atoms with E-state index in [1.807, 2.05) is 0 Å². The predicted molar refractivity (Wildman–Crippen MR) is 41.9 cm³/mol. The van der Waals surface area contributed by atoms with Crippen LogP contribution in [0.1, 0.15) is 0 Å². The first-order valence-electron chi connectivity index (χ1n) is 3.86. The normalized spacial score (nSPS) is 57.6. The zero-order valence-corrected chi connectivity index (χ0v) is 6.85. The lowest BCUT2D eigenvalue weighted by atomic mass is 10.3. The van der Waals surface area contributed by atoms with E-state index < -0.39 is 0 Å². The van der Waals surface area contributed by atoms with Gasteiger partial charge in [-0.05, 0) is 6.16 Å². The van der Waals surface area contributed by atoms with E-state index in [1.165, 1.54) is 31.9 Å². The molecule has 4 heterocycles.